The number of carbonyl (C=O) groups is 1. The Kier molecular flexibility index (Phi) is 6.58. The highest BCUT2D eigenvalue weighted by atomic mass is 16.6. The zero-order valence-electron chi connectivity index (χ0n) is 12.1. The Labute approximate surface area is 121 Å². The number of carbonyl (C=O) groups excluding carboxylic acids is 1. The third-order valence-corrected chi connectivity index (χ3v) is 3.64. The largest absolute Gasteiger partial charge is 0.373 e. The lowest BCUT2D eigenvalue weighted by molar-refractivity contribution is -0.116. The Morgan fingerprint density at radius 3 is 2.40 bits per heavy atom. The second-order valence-corrected chi connectivity index (χ2v) is 5.53. The molecule has 0 spiro atoms. The minimum atomic E-state index is 0.127. The van der Waals surface area contributed by atoms with E-state index < -0.39 is 0 Å². The van der Waals surface area contributed by atoms with Crippen LogP contribution >= 0.6 is 0 Å². The Morgan fingerprint density at radius 1 is 1.05 bits per heavy atom. The summed E-state index contributed by atoms with van der Waals surface area (Å²) in [4.78, 5) is 11.7. The molecule has 1 fully saturated rings. The molecule has 3 nitrogen and oxygen atoms in total. The lowest BCUT2D eigenvalue weighted by atomic mass is 10.1. The summed E-state index contributed by atoms with van der Waals surface area (Å²) in [6, 6.07) is 9.65. The first-order valence-electron chi connectivity index (χ1n) is 7.81. The van der Waals surface area contributed by atoms with Crippen molar-refractivity contribution in [2.75, 3.05) is 11.9 Å². The Balaban J connectivity index is 1.41. The van der Waals surface area contributed by atoms with Gasteiger partial charge in [0.25, 0.3) is 0 Å². The summed E-state index contributed by atoms with van der Waals surface area (Å²) >= 11 is 0. The SMILES string of the molecule is O=C(CCCCCCCCC1CO1)Nc1ccccc1. The molecule has 1 atom stereocenters. The van der Waals surface area contributed by atoms with Crippen LogP contribution in [0.5, 0.6) is 0 Å². The number of ether oxygens (including phenoxy) is 1. The van der Waals surface area contributed by atoms with Crippen molar-refractivity contribution >= 4 is 11.6 Å². The summed E-state index contributed by atoms with van der Waals surface area (Å²) in [5, 5.41) is 2.92. The molecule has 0 aliphatic carbocycles. The average Bonchev–Trinajstić information content (AvgIpc) is 3.27. The van der Waals surface area contributed by atoms with Crippen LogP contribution in [0.2, 0.25) is 0 Å². The van der Waals surface area contributed by atoms with E-state index in [-0.39, 0.29) is 5.91 Å². The quantitative estimate of drug-likeness (QED) is 0.515. The number of rotatable bonds is 10. The van der Waals surface area contributed by atoms with Gasteiger partial charge in [-0.2, -0.15) is 0 Å². The topological polar surface area (TPSA) is 41.6 Å². The van der Waals surface area contributed by atoms with E-state index in [1.54, 1.807) is 0 Å². The highest BCUT2D eigenvalue weighted by Crippen LogP contribution is 2.18. The number of anilines is 1. The molecule has 0 radical (unpaired) electrons. The van der Waals surface area contributed by atoms with E-state index in [1.807, 2.05) is 30.3 Å². The number of nitrogens with one attached hydrogen (secondary N) is 1. The van der Waals surface area contributed by atoms with Crippen molar-refractivity contribution in [1.82, 2.24) is 0 Å². The van der Waals surface area contributed by atoms with Crippen molar-refractivity contribution in [3.8, 4) is 0 Å². The summed E-state index contributed by atoms with van der Waals surface area (Å²) in [6.45, 7) is 0.983. The van der Waals surface area contributed by atoms with Crippen molar-refractivity contribution in [1.29, 1.82) is 0 Å². The van der Waals surface area contributed by atoms with E-state index in [4.69, 9.17) is 4.74 Å². The van der Waals surface area contributed by atoms with Crippen LogP contribution in [0.15, 0.2) is 30.3 Å². The standard InChI is InChI=1S/C17H25NO2/c19-17(18-15-10-6-5-7-11-15)13-9-4-2-1-3-8-12-16-14-20-16/h5-7,10-11,16H,1-4,8-9,12-14H2,(H,18,19). The second kappa shape index (κ2) is 8.75. The molecule has 1 aliphatic rings. The van der Waals surface area contributed by atoms with Gasteiger partial charge in [-0.15, -0.1) is 0 Å². The fraction of sp³-hybridized carbons (Fsp3) is 0.588. The fourth-order valence-electron chi connectivity index (χ4n) is 2.34. The van der Waals surface area contributed by atoms with Crippen molar-refractivity contribution in [2.45, 2.75) is 57.5 Å². The number of hydrogen-bond acceptors (Lipinski definition) is 2. The van der Waals surface area contributed by atoms with E-state index in [9.17, 15) is 4.79 Å². The Bertz CT molecular complexity index is 387. The van der Waals surface area contributed by atoms with Gasteiger partial charge in [-0.3, -0.25) is 4.79 Å². The molecule has 1 saturated heterocycles. The maximum Gasteiger partial charge on any atom is 0.224 e. The highest BCUT2D eigenvalue weighted by Gasteiger charge is 2.20. The number of benzene rings is 1. The zero-order chi connectivity index (χ0) is 14.0. The van der Waals surface area contributed by atoms with Crippen LogP contribution < -0.4 is 5.32 Å². The maximum atomic E-state index is 11.7. The van der Waals surface area contributed by atoms with Crippen LogP contribution in [-0.2, 0) is 9.53 Å². The molecular formula is C17H25NO2. The lowest BCUT2D eigenvalue weighted by Gasteiger charge is -2.05. The minimum Gasteiger partial charge on any atom is -0.373 e. The Morgan fingerprint density at radius 2 is 1.70 bits per heavy atom. The van der Waals surface area contributed by atoms with Crippen LogP contribution in [0.1, 0.15) is 51.4 Å². The van der Waals surface area contributed by atoms with Gasteiger partial charge in [0.2, 0.25) is 5.91 Å². The van der Waals surface area contributed by atoms with Gasteiger partial charge in [-0.25, -0.2) is 0 Å². The van der Waals surface area contributed by atoms with Gasteiger partial charge in [0.1, 0.15) is 0 Å². The first-order valence-corrected chi connectivity index (χ1v) is 7.81. The number of hydrogen-bond donors (Lipinski definition) is 1. The molecule has 1 aromatic rings. The predicted molar refractivity (Wildman–Crippen MR) is 81.7 cm³/mol. The van der Waals surface area contributed by atoms with Crippen molar-refractivity contribution in [3.63, 3.8) is 0 Å². The lowest BCUT2D eigenvalue weighted by Crippen LogP contribution is -2.10. The molecule has 110 valence electrons. The van der Waals surface area contributed by atoms with Crippen molar-refractivity contribution in [3.05, 3.63) is 30.3 Å². The third kappa shape index (κ3) is 6.71. The molecule has 20 heavy (non-hydrogen) atoms. The molecule has 1 unspecified atom stereocenters. The molecule has 1 aromatic carbocycles. The second-order valence-electron chi connectivity index (χ2n) is 5.53. The summed E-state index contributed by atoms with van der Waals surface area (Å²) in [6.07, 6.45) is 9.71. The Hall–Kier alpha value is -1.35. The minimum absolute atomic E-state index is 0.127. The fourth-order valence-corrected chi connectivity index (χ4v) is 2.34. The maximum absolute atomic E-state index is 11.7. The molecule has 1 aliphatic heterocycles. The van der Waals surface area contributed by atoms with E-state index in [2.05, 4.69) is 5.32 Å². The molecule has 0 bridgehead atoms. The van der Waals surface area contributed by atoms with Gasteiger partial charge in [0, 0.05) is 12.1 Å². The predicted octanol–water partition coefficient (Wildman–Crippen LogP) is 4.14. The van der Waals surface area contributed by atoms with Crippen LogP contribution in [-0.4, -0.2) is 18.6 Å². The molecule has 2 rings (SSSR count). The normalized spacial score (nSPS) is 16.9. The van der Waals surface area contributed by atoms with Crippen LogP contribution in [0.3, 0.4) is 0 Å². The van der Waals surface area contributed by atoms with Gasteiger partial charge in [0.15, 0.2) is 0 Å². The molecule has 1 amide bonds. The zero-order valence-corrected chi connectivity index (χ0v) is 12.1. The van der Waals surface area contributed by atoms with Crippen LogP contribution in [0, 0.1) is 0 Å². The van der Waals surface area contributed by atoms with E-state index >= 15 is 0 Å². The third-order valence-electron chi connectivity index (χ3n) is 3.64. The molecule has 1 N–H and O–H groups in total. The first-order chi connectivity index (χ1) is 9.84. The number of amides is 1. The molecular weight excluding hydrogens is 250 g/mol. The smallest absolute Gasteiger partial charge is 0.224 e. The molecule has 0 saturated carbocycles. The number of epoxide rings is 1. The van der Waals surface area contributed by atoms with Gasteiger partial charge in [-0.05, 0) is 25.0 Å². The first kappa shape index (κ1) is 15.0. The summed E-state index contributed by atoms with van der Waals surface area (Å²) in [5.74, 6) is 0.127. The molecule has 0 aromatic heterocycles. The van der Waals surface area contributed by atoms with Gasteiger partial charge in [-0.1, -0.05) is 50.3 Å². The van der Waals surface area contributed by atoms with Crippen LogP contribution in [0.4, 0.5) is 5.69 Å². The summed E-state index contributed by atoms with van der Waals surface area (Å²) in [7, 11) is 0. The van der Waals surface area contributed by atoms with Crippen molar-refractivity contribution in [2.24, 2.45) is 0 Å². The van der Waals surface area contributed by atoms with Crippen molar-refractivity contribution < 1.29 is 9.53 Å². The number of unbranched alkanes of at least 4 members (excludes halogenated alkanes) is 5. The monoisotopic (exact) mass is 275 g/mol. The van der Waals surface area contributed by atoms with E-state index in [0.717, 1.165) is 25.1 Å². The van der Waals surface area contributed by atoms with E-state index in [0.29, 0.717) is 12.5 Å². The number of para-hydroxylation sites is 1. The van der Waals surface area contributed by atoms with Gasteiger partial charge >= 0.3 is 0 Å². The van der Waals surface area contributed by atoms with Crippen LogP contribution in [0.25, 0.3) is 0 Å². The average molecular weight is 275 g/mol. The molecule has 3 heteroatoms. The van der Waals surface area contributed by atoms with Gasteiger partial charge < -0.3 is 10.1 Å². The highest BCUT2D eigenvalue weighted by molar-refractivity contribution is 5.90. The molecule has 1 heterocycles. The summed E-state index contributed by atoms with van der Waals surface area (Å²) < 4.78 is 5.18. The van der Waals surface area contributed by atoms with E-state index in [1.165, 1.54) is 32.1 Å². The summed E-state index contributed by atoms with van der Waals surface area (Å²) in [5.41, 5.74) is 0.889. The van der Waals surface area contributed by atoms with Gasteiger partial charge in [0.05, 0.1) is 12.7 Å².